The second-order valence-electron chi connectivity index (χ2n) is 7.69. The first kappa shape index (κ1) is 29.0. The molecule has 0 aliphatic carbocycles. The Bertz CT molecular complexity index is 1640. The van der Waals surface area contributed by atoms with Crippen LogP contribution in [-0.4, -0.2) is 48.4 Å². The Balaban J connectivity index is 0.000000228. The molecule has 0 aliphatic heterocycles. The maximum atomic E-state index is 5.93. The molecule has 0 aliphatic rings. The van der Waals surface area contributed by atoms with Crippen molar-refractivity contribution in [1.82, 2.24) is 19.9 Å². The van der Waals surface area contributed by atoms with Gasteiger partial charge in [0.2, 0.25) is 0 Å². The van der Waals surface area contributed by atoms with E-state index < -0.39 is 0 Å². The molecule has 3 aromatic carbocycles. The summed E-state index contributed by atoms with van der Waals surface area (Å²) in [5.74, 6) is 5.77. The van der Waals surface area contributed by atoms with Crippen molar-refractivity contribution in [3.8, 4) is 35.3 Å². The Morgan fingerprint density at radius 1 is 0.718 bits per heavy atom. The van der Waals surface area contributed by atoms with Crippen LogP contribution in [-0.2, 0) is 0 Å². The van der Waals surface area contributed by atoms with E-state index >= 15 is 0 Å². The summed E-state index contributed by atoms with van der Waals surface area (Å²) in [4.78, 5) is 16.6. The van der Waals surface area contributed by atoms with Crippen molar-refractivity contribution in [3.05, 3.63) is 71.9 Å². The third-order valence-electron chi connectivity index (χ3n) is 5.52. The number of fused-ring (bicyclic) bond motifs is 2. The number of ether oxygens (including phenoxy) is 4. The van der Waals surface area contributed by atoms with Gasteiger partial charge in [-0.1, -0.05) is 23.6 Å². The fourth-order valence-corrected chi connectivity index (χ4v) is 3.85. The molecule has 0 bridgehead atoms. The van der Waals surface area contributed by atoms with Gasteiger partial charge >= 0.3 is 0 Å². The van der Waals surface area contributed by atoms with Crippen LogP contribution in [0.2, 0.25) is 5.15 Å². The minimum Gasteiger partial charge on any atom is -0.493 e. The van der Waals surface area contributed by atoms with Crippen LogP contribution in [0.4, 0.5) is 11.5 Å². The van der Waals surface area contributed by atoms with Crippen LogP contribution in [0.1, 0.15) is 5.56 Å². The lowest BCUT2D eigenvalue weighted by molar-refractivity contribution is 0.356. The predicted octanol–water partition coefficient (Wildman–Crippen LogP) is 6.09. The van der Waals surface area contributed by atoms with Gasteiger partial charge < -0.3 is 24.3 Å². The number of nitrogens with one attached hydrogen (secondary N) is 1. The first-order valence-electron chi connectivity index (χ1n) is 11.2. The topological polar surface area (TPSA) is 101 Å². The summed E-state index contributed by atoms with van der Waals surface area (Å²) in [7, 11) is 6.33. The summed E-state index contributed by atoms with van der Waals surface area (Å²) in [6.07, 6.45) is 8.35. The van der Waals surface area contributed by atoms with E-state index in [9.17, 15) is 0 Å². The SMILES string of the molecule is C#Cc1cccc(Nc2ncnc3cc(OC)c(OC)cc23)c1.COc1cc2ncnc(Cl)c2cc1OC.Cl. The van der Waals surface area contributed by atoms with Gasteiger partial charge in [0.1, 0.15) is 23.6 Å². The number of halogens is 2. The van der Waals surface area contributed by atoms with E-state index in [0.29, 0.717) is 34.0 Å². The molecule has 0 unspecified atom stereocenters. The van der Waals surface area contributed by atoms with E-state index in [2.05, 4.69) is 31.2 Å². The monoisotopic (exact) mass is 565 g/mol. The number of hydrogen-bond donors (Lipinski definition) is 1. The van der Waals surface area contributed by atoms with Crippen molar-refractivity contribution in [2.45, 2.75) is 0 Å². The number of rotatable bonds is 6. The normalized spacial score (nSPS) is 9.95. The minimum atomic E-state index is 0. The third-order valence-corrected chi connectivity index (χ3v) is 5.83. The van der Waals surface area contributed by atoms with Crippen molar-refractivity contribution >= 4 is 57.3 Å². The van der Waals surface area contributed by atoms with Gasteiger partial charge in [-0.25, -0.2) is 19.9 Å². The van der Waals surface area contributed by atoms with Gasteiger partial charge in [0.05, 0.1) is 39.5 Å². The highest BCUT2D eigenvalue weighted by atomic mass is 35.5. The van der Waals surface area contributed by atoms with E-state index in [4.69, 9.17) is 37.0 Å². The maximum absolute atomic E-state index is 5.93. The van der Waals surface area contributed by atoms with Gasteiger partial charge in [-0.15, -0.1) is 18.8 Å². The van der Waals surface area contributed by atoms with E-state index in [0.717, 1.165) is 33.1 Å². The zero-order chi connectivity index (χ0) is 27.1. The fourth-order valence-electron chi connectivity index (χ4n) is 3.66. The van der Waals surface area contributed by atoms with E-state index in [1.807, 2.05) is 36.4 Å². The highest BCUT2D eigenvalue weighted by Crippen LogP contribution is 2.35. The molecule has 11 heteroatoms. The lowest BCUT2D eigenvalue weighted by atomic mass is 10.2. The summed E-state index contributed by atoms with van der Waals surface area (Å²) in [6.45, 7) is 0. The zero-order valence-corrected chi connectivity index (χ0v) is 23.1. The summed E-state index contributed by atoms with van der Waals surface area (Å²) < 4.78 is 21.0. The van der Waals surface area contributed by atoms with Crippen molar-refractivity contribution in [2.75, 3.05) is 33.8 Å². The van der Waals surface area contributed by atoms with Gasteiger partial charge in [0.15, 0.2) is 23.0 Å². The van der Waals surface area contributed by atoms with Crippen molar-refractivity contribution < 1.29 is 18.9 Å². The molecule has 0 spiro atoms. The molecule has 0 fully saturated rings. The Kier molecular flexibility index (Phi) is 9.92. The Morgan fingerprint density at radius 3 is 1.85 bits per heavy atom. The summed E-state index contributed by atoms with van der Waals surface area (Å²) in [6, 6.07) is 14.8. The first-order valence-corrected chi connectivity index (χ1v) is 11.6. The lowest BCUT2D eigenvalue weighted by Gasteiger charge is -2.12. The van der Waals surface area contributed by atoms with Crippen LogP contribution in [0.3, 0.4) is 0 Å². The Morgan fingerprint density at radius 2 is 1.26 bits per heavy atom. The smallest absolute Gasteiger partial charge is 0.162 e. The van der Waals surface area contributed by atoms with Crippen LogP contribution in [0.25, 0.3) is 21.8 Å². The molecule has 0 atom stereocenters. The van der Waals surface area contributed by atoms with Crippen molar-refractivity contribution in [3.63, 3.8) is 0 Å². The molecule has 39 heavy (non-hydrogen) atoms. The van der Waals surface area contributed by atoms with Crippen LogP contribution >= 0.6 is 24.0 Å². The molecule has 1 N–H and O–H groups in total. The van der Waals surface area contributed by atoms with Gasteiger partial charge in [-0.3, -0.25) is 0 Å². The molecule has 0 amide bonds. The number of hydrogen-bond acceptors (Lipinski definition) is 9. The minimum absolute atomic E-state index is 0. The summed E-state index contributed by atoms with van der Waals surface area (Å²) in [5, 5.41) is 5.25. The van der Waals surface area contributed by atoms with E-state index in [1.165, 1.54) is 12.7 Å². The number of nitrogens with zero attached hydrogens (tertiary/aromatic N) is 4. The van der Waals surface area contributed by atoms with E-state index in [-0.39, 0.29) is 12.4 Å². The second-order valence-corrected chi connectivity index (χ2v) is 8.04. The van der Waals surface area contributed by atoms with Crippen LogP contribution in [0, 0.1) is 12.3 Å². The Hall–Kier alpha value is -4.52. The van der Waals surface area contributed by atoms with Crippen LogP contribution in [0.15, 0.2) is 61.2 Å². The number of anilines is 2. The molecule has 9 nitrogen and oxygen atoms in total. The maximum Gasteiger partial charge on any atom is 0.162 e. The van der Waals surface area contributed by atoms with Gasteiger partial charge in [0, 0.05) is 34.2 Å². The highest BCUT2D eigenvalue weighted by Gasteiger charge is 2.11. The molecule has 0 radical (unpaired) electrons. The summed E-state index contributed by atoms with van der Waals surface area (Å²) in [5.41, 5.74) is 3.14. The van der Waals surface area contributed by atoms with Crippen LogP contribution < -0.4 is 24.3 Å². The van der Waals surface area contributed by atoms with Gasteiger partial charge in [0.25, 0.3) is 0 Å². The fraction of sp³-hybridized carbons (Fsp3) is 0.143. The van der Waals surface area contributed by atoms with Crippen molar-refractivity contribution in [2.24, 2.45) is 0 Å². The average Bonchev–Trinajstić information content (AvgIpc) is 2.96. The number of benzene rings is 3. The number of methoxy groups -OCH3 is 4. The van der Waals surface area contributed by atoms with E-state index in [1.54, 1.807) is 40.6 Å². The number of aromatic nitrogens is 4. The molecular weight excluding hydrogens is 541 g/mol. The molecule has 200 valence electrons. The molecular formula is C28H25Cl2N5O4. The molecule has 2 aromatic heterocycles. The van der Waals surface area contributed by atoms with Crippen LogP contribution in [0.5, 0.6) is 23.0 Å². The second kappa shape index (κ2) is 13.3. The molecule has 2 heterocycles. The molecule has 0 saturated carbocycles. The molecule has 0 saturated heterocycles. The highest BCUT2D eigenvalue weighted by molar-refractivity contribution is 6.34. The largest absolute Gasteiger partial charge is 0.493 e. The summed E-state index contributed by atoms with van der Waals surface area (Å²) >= 11 is 5.93. The third kappa shape index (κ3) is 6.49. The van der Waals surface area contributed by atoms with Crippen molar-refractivity contribution in [1.29, 1.82) is 0 Å². The molecule has 5 aromatic rings. The zero-order valence-electron chi connectivity index (χ0n) is 21.6. The van der Waals surface area contributed by atoms with Gasteiger partial charge in [-0.2, -0.15) is 0 Å². The predicted molar refractivity (Wildman–Crippen MR) is 155 cm³/mol. The van der Waals surface area contributed by atoms with Gasteiger partial charge in [-0.05, 0) is 30.3 Å². The lowest BCUT2D eigenvalue weighted by Crippen LogP contribution is -1.98. The quantitative estimate of drug-likeness (QED) is 0.193. The molecule has 5 rings (SSSR count). The Labute approximate surface area is 236 Å². The number of terminal acetylenes is 1. The average molecular weight is 566 g/mol. The standard InChI is InChI=1S/C18H15N3O2.C10H9ClN2O2.ClH/c1-4-12-6-5-7-13(8-12)21-18-14-9-16(22-2)17(23-3)10-15(14)19-11-20-18;1-14-8-3-6-7(4-9(8)15-2)12-5-13-10(6)11;/h1,5-11H,2-3H3,(H,19,20,21);3-5H,1-2H3;1H. The first-order chi connectivity index (χ1) is 18.5.